The molecule has 5 rings (SSSR count). The number of phenols is 1. The van der Waals surface area contributed by atoms with E-state index in [4.69, 9.17) is 5.73 Å². The summed E-state index contributed by atoms with van der Waals surface area (Å²) < 4.78 is 30.2. The number of anilines is 2. The van der Waals surface area contributed by atoms with Crippen LogP contribution in [0.5, 0.6) is 5.75 Å². The molecular formula is C24H22Cl2F2N6O. The molecule has 0 amide bonds. The smallest absolute Gasteiger partial charge is 0.184 e. The second-order valence-corrected chi connectivity index (χ2v) is 8.03. The predicted octanol–water partition coefficient (Wildman–Crippen LogP) is 5.56. The van der Waals surface area contributed by atoms with Crippen LogP contribution < -0.4 is 10.6 Å². The molecule has 11 heteroatoms. The fraction of sp³-hybridized carbons (Fsp3) is 0.208. The Morgan fingerprint density at radius 2 is 1.69 bits per heavy atom. The summed E-state index contributed by atoms with van der Waals surface area (Å²) in [4.78, 5) is 6.47. The van der Waals surface area contributed by atoms with Crippen LogP contribution in [0.3, 0.4) is 0 Å². The summed E-state index contributed by atoms with van der Waals surface area (Å²) in [5, 5.41) is 26.6. The zero-order chi connectivity index (χ0) is 23.1. The molecule has 1 fully saturated rings. The number of aromatic hydroxyl groups is 1. The second kappa shape index (κ2) is 10.3. The highest BCUT2D eigenvalue weighted by Gasteiger charge is 2.25. The first-order valence-corrected chi connectivity index (χ1v) is 10.6. The average Bonchev–Trinajstić information content (AvgIpc) is 3.19. The van der Waals surface area contributed by atoms with Crippen LogP contribution in [0.2, 0.25) is 0 Å². The molecule has 3 heterocycles. The number of aromatic nitrogens is 3. The van der Waals surface area contributed by atoms with Crippen LogP contribution >= 0.6 is 24.8 Å². The summed E-state index contributed by atoms with van der Waals surface area (Å²) in [7, 11) is 0. The maximum Gasteiger partial charge on any atom is 0.184 e. The van der Waals surface area contributed by atoms with Gasteiger partial charge in [0.25, 0.3) is 0 Å². The Balaban J connectivity index is 0.00000171. The van der Waals surface area contributed by atoms with E-state index >= 15 is 4.39 Å². The third-order valence-electron chi connectivity index (χ3n) is 5.99. The van der Waals surface area contributed by atoms with E-state index in [-0.39, 0.29) is 70.0 Å². The SMILES string of the molecule is Cl.Cl.N#Cc1c(-c2ccc(O)cc2F)nc2n[nH]c(N)c2c1-c1ccc(N2CCCCC2)cc1F. The number of H-pyrrole nitrogens is 1. The van der Waals surface area contributed by atoms with Gasteiger partial charge in [-0.25, -0.2) is 13.8 Å². The lowest BCUT2D eigenvalue weighted by molar-refractivity contribution is 0.469. The summed E-state index contributed by atoms with van der Waals surface area (Å²) in [6, 6.07) is 10.5. The number of halogens is 4. The number of fused-ring (bicyclic) bond motifs is 1. The van der Waals surface area contributed by atoms with Gasteiger partial charge in [-0.1, -0.05) is 0 Å². The molecule has 0 saturated carbocycles. The zero-order valence-electron chi connectivity index (χ0n) is 18.4. The number of hydrogen-bond acceptors (Lipinski definition) is 6. The van der Waals surface area contributed by atoms with Gasteiger partial charge in [-0.15, -0.1) is 24.8 Å². The molecule has 182 valence electrons. The van der Waals surface area contributed by atoms with Crippen molar-refractivity contribution in [1.82, 2.24) is 15.2 Å². The number of aromatic amines is 1. The minimum atomic E-state index is -0.770. The van der Waals surface area contributed by atoms with Crippen molar-refractivity contribution in [2.45, 2.75) is 19.3 Å². The predicted molar refractivity (Wildman–Crippen MR) is 136 cm³/mol. The van der Waals surface area contributed by atoms with Gasteiger partial charge in [-0.3, -0.25) is 5.10 Å². The van der Waals surface area contributed by atoms with Crippen molar-refractivity contribution in [2.75, 3.05) is 23.7 Å². The largest absolute Gasteiger partial charge is 0.508 e. The van der Waals surface area contributed by atoms with Crippen molar-refractivity contribution in [3.63, 3.8) is 0 Å². The van der Waals surface area contributed by atoms with Gasteiger partial charge < -0.3 is 15.7 Å². The van der Waals surface area contributed by atoms with E-state index in [1.165, 1.54) is 18.2 Å². The van der Waals surface area contributed by atoms with Crippen LogP contribution in [0.1, 0.15) is 24.8 Å². The highest BCUT2D eigenvalue weighted by Crippen LogP contribution is 2.41. The maximum absolute atomic E-state index is 15.5. The third kappa shape index (κ3) is 4.55. The lowest BCUT2D eigenvalue weighted by Gasteiger charge is -2.29. The quantitative estimate of drug-likeness (QED) is 0.326. The fourth-order valence-electron chi connectivity index (χ4n) is 4.40. The molecule has 0 spiro atoms. The topological polar surface area (TPSA) is 115 Å². The molecule has 0 aliphatic carbocycles. The fourth-order valence-corrected chi connectivity index (χ4v) is 4.40. The van der Waals surface area contributed by atoms with Crippen LogP contribution in [0.25, 0.3) is 33.4 Å². The van der Waals surface area contributed by atoms with Crippen molar-refractivity contribution < 1.29 is 13.9 Å². The highest BCUT2D eigenvalue weighted by molar-refractivity contribution is 6.05. The van der Waals surface area contributed by atoms with Crippen LogP contribution in [0.4, 0.5) is 20.3 Å². The van der Waals surface area contributed by atoms with E-state index in [0.29, 0.717) is 5.39 Å². The molecule has 4 N–H and O–H groups in total. The van der Waals surface area contributed by atoms with Crippen LogP contribution in [0, 0.1) is 23.0 Å². The number of nitrogens with one attached hydrogen (secondary N) is 1. The average molecular weight is 519 g/mol. The molecular weight excluding hydrogens is 497 g/mol. The summed E-state index contributed by atoms with van der Waals surface area (Å²) in [6.07, 6.45) is 3.27. The van der Waals surface area contributed by atoms with Gasteiger partial charge in [-0.05, 0) is 49.6 Å². The number of benzene rings is 2. The summed E-state index contributed by atoms with van der Waals surface area (Å²) in [6.45, 7) is 1.72. The standard InChI is InChI=1S/C24H20F2N6O.2ClH/c25-18-10-13(32-8-2-1-3-9-32)4-6-15(18)20-17(12-27)22(16-7-5-14(33)11-19(16)26)29-24-21(20)23(28)30-31-24;;/h4-7,10-11,33H,1-3,8-9H2,(H3,28,29,30,31);2*1H. The highest BCUT2D eigenvalue weighted by atomic mass is 35.5. The number of pyridine rings is 1. The molecule has 35 heavy (non-hydrogen) atoms. The van der Waals surface area contributed by atoms with Crippen molar-refractivity contribution in [2.24, 2.45) is 0 Å². The molecule has 0 atom stereocenters. The number of nitrogen functional groups attached to an aromatic ring is 1. The number of nitriles is 1. The Morgan fingerprint density at radius 3 is 2.34 bits per heavy atom. The normalized spacial score (nSPS) is 13.1. The van der Waals surface area contributed by atoms with Gasteiger partial charge in [0.2, 0.25) is 0 Å². The number of nitrogens with zero attached hydrogens (tertiary/aromatic N) is 4. The first-order valence-electron chi connectivity index (χ1n) is 10.6. The first-order chi connectivity index (χ1) is 16.0. The zero-order valence-corrected chi connectivity index (χ0v) is 20.0. The minimum Gasteiger partial charge on any atom is -0.508 e. The molecule has 1 saturated heterocycles. The number of nitrogens with two attached hydrogens (primary N) is 1. The van der Waals surface area contributed by atoms with E-state index < -0.39 is 11.6 Å². The van der Waals surface area contributed by atoms with Gasteiger partial charge in [0.15, 0.2) is 5.65 Å². The molecule has 0 bridgehead atoms. The monoisotopic (exact) mass is 518 g/mol. The second-order valence-electron chi connectivity index (χ2n) is 8.03. The molecule has 2 aromatic heterocycles. The summed E-state index contributed by atoms with van der Waals surface area (Å²) >= 11 is 0. The lowest BCUT2D eigenvalue weighted by atomic mass is 9.93. The molecule has 0 unspecified atom stereocenters. The van der Waals surface area contributed by atoms with Gasteiger partial charge in [0.1, 0.15) is 29.3 Å². The molecule has 7 nitrogen and oxygen atoms in total. The maximum atomic E-state index is 15.5. The van der Waals surface area contributed by atoms with Crippen LogP contribution in [-0.2, 0) is 0 Å². The first kappa shape index (κ1) is 26.0. The van der Waals surface area contributed by atoms with Crippen molar-refractivity contribution in [3.05, 3.63) is 53.6 Å². The summed E-state index contributed by atoms with van der Waals surface area (Å²) in [5.41, 5.74) is 7.24. The van der Waals surface area contributed by atoms with E-state index in [1.807, 2.05) is 6.07 Å². The van der Waals surface area contributed by atoms with Crippen LogP contribution in [-0.4, -0.2) is 33.4 Å². The van der Waals surface area contributed by atoms with Crippen molar-refractivity contribution in [1.29, 1.82) is 5.26 Å². The molecule has 0 radical (unpaired) electrons. The Hall–Kier alpha value is -3.61. The lowest BCUT2D eigenvalue weighted by Crippen LogP contribution is -2.29. The van der Waals surface area contributed by atoms with Gasteiger partial charge in [-0.2, -0.15) is 10.4 Å². The Labute approximate surface area is 212 Å². The molecule has 1 aliphatic heterocycles. The van der Waals surface area contributed by atoms with E-state index in [0.717, 1.165) is 44.1 Å². The van der Waals surface area contributed by atoms with Gasteiger partial charge in [0.05, 0.1) is 16.6 Å². The van der Waals surface area contributed by atoms with Gasteiger partial charge >= 0.3 is 0 Å². The molecule has 1 aliphatic rings. The summed E-state index contributed by atoms with van der Waals surface area (Å²) in [5.74, 6) is -1.44. The van der Waals surface area contributed by atoms with Gasteiger partial charge in [0, 0.05) is 41.5 Å². The van der Waals surface area contributed by atoms with Crippen molar-refractivity contribution in [3.8, 4) is 34.2 Å². The number of piperidine rings is 1. The molecule has 4 aromatic rings. The van der Waals surface area contributed by atoms with Crippen LogP contribution in [0.15, 0.2) is 36.4 Å². The Bertz CT molecular complexity index is 1430. The third-order valence-corrected chi connectivity index (χ3v) is 5.99. The Kier molecular flexibility index (Phi) is 7.68. The molecule has 2 aromatic carbocycles. The van der Waals surface area contributed by atoms with Crippen molar-refractivity contribution >= 4 is 47.4 Å². The van der Waals surface area contributed by atoms with E-state index in [1.54, 1.807) is 6.07 Å². The number of phenolic OH excluding ortho intramolecular Hbond substituents is 1. The number of hydrogen-bond donors (Lipinski definition) is 3. The van der Waals surface area contributed by atoms with E-state index in [2.05, 4.69) is 26.2 Å². The van der Waals surface area contributed by atoms with E-state index in [9.17, 15) is 14.8 Å². The Morgan fingerprint density at radius 1 is 1.00 bits per heavy atom. The number of rotatable bonds is 3. The minimum absolute atomic E-state index is 0.